The normalized spacial score (nSPS) is 26.8. The minimum atomic E-state index is 0.160. The molecule has 0 saturated carbocycles. The molecule has 1 aliphatic heterocycles. The molecule has 1 aliphatic rings. The third-order valence-corrected chi connectivity index (χ3v) is 3.09. The van der Waals surface area contributed by atoms with E-state index in [1.807, 2.05) is 7.05 Å². The molecule has 14 heavy (non-hydrogen) atoms. The van der Waals surface area contributed by atoms with Crippen molar-refractivity contribution in [2.24, 2.45) is 0 Å². The largest absolute Gasteiger partial charge is 0.217 e. The molecule has 0 amide bonds. The van der Waals surface area contributed by atoms with Gasteiger partial charge in [0.2, 0.25) is 0 Å². The average molecular weight is 192 g/mol. The second-order valence-electron chi connectivity index (χ2n) is 4.56. The van der Waals surface area contributed by atoms with Crippen molar-refractivity contribution < 1.29 is 9.85 Å². The first-order chi connectivity index (χ1) is 6.57. The highest BCUT2D eigenvalue weighted by Gasteiger charge is 2.23. The molecule has 2 nitrogen and oxygen atoms in total. The molecular weight excluding hydrogens is 174 g/mol. The highest BCUT2D eigenvalue weighted by Crippen LogP contribution is 2.19. The Labute approximate surface area is 85.3 Å². The van der Waals surface area contributed by atoms with Crippen LogP contribution in [0.2, 0.25) is 0 Å². The molecule has 1 unspecified atom stereocenters. The molecule has 0 spiro atoms. The fraction of sp³-hybridized carbons (Fsp3) is 0.500. The van der Waals surface area contributed by atoms with Crippen LogP contribution >= 0.6 is 0 Å². The Hall–Kier alpha value is -0.860. The van der Waals surface area contributed by atoms with Gasteiger partial charge in [0.1, 0.15) is 13.1 Å². The van der Waals surface area contributed by atoms with Crippen molar-refractivity contribution in [2.45, 2.75) is 19.8 Å². The van der Waals surface area contributed by atoms with Gasteiger partial charge in [-0.05, 0) is 18.1 Å². The van der Waals surface area contributed by atoms with E-state index in [1.54, 1.807) is 0 Å². The fourth-order valence-electron chi connectivity index (χ4n) is 2.07. The molecule has 1 heterocycles. The number of benzene rings is 1. The smallest absolute Gasteiger partial charge is 0.112 e. The van der Waals surface area contributed by atoms with E-state index < -0.39 is 0 Å². The molecule has 0 aliphatic carbocycles. The number of hydrogen-bond donors (Lipinski definition) is 1. The van der Waals surface area contributed by atoms with Crippen LogP contribution in [-0.2, 0) is 12.8 Å². The van der Waals surface area contributed by atoms with Crippen molar-refractivity contribution in [1.82, 2.24) is 0 Å². The molecule has 1 aromatic rings. The first kappa shape index (κ1) is 9.69. The Morgan fingerprint density at radius 3 is 2.50 bits per heavy atom. The van der Waals surface area contributed by atoms with Crippen LogP contribution in [0.15, 0.2) is 18.2 Å². The molecule has 2 heteroatoms. The van der Waals surface area contributed by atoms with E-state index in [0.29, 0.717) is 0 Å². The third kappa shape index (κ3) is 1.97. The van der Waals surface area contributed by atoms with E-state index in [0.717, 1.165) is 25.9 Å². The minimum Gasteiger partial charge on any atom is -0.217 e. The van der Waals surface area contributed by atoms with Crippen molar-refractivity contribution >= 4 is 0 Å². The predicted molar refractivity (Wildman–Crippen MR) is 56.3 cm³/mol. The van der Waals surface area contributed by atoms with Crippen LogP contribution in [0.4, 0.5) is 0 Å². The number of quaternary nitrogens is 1. The summed E-state index contributed by atoms with van der Waals surface area (Å²) in [5.41, 5.74) is 4.14. The van der Waals surface area contributed by atoms with E-state index in [9.17, 15) is 5.21 Å². The van der Waals surface area contributed by atoms with Crippen molar-refractivity contribution in [1.29, 1.82) is 0 Å². The lowest BCUT2D eigenvalue weighted by atomic mass is 10.0. The minimum absolute atomic E-state index is 0.160. The number of rotatable bonds is 0. The van der Waals surface area contributed by atoms with Gasteiger partial charge in [0.05, 0.1) is 7.05 Å². The average Bonchev–Trinajstić information content (AvgIpc) is 2.26. The summed E-state index contributed by atoms with van der Waals surface area (Å²) in [6.07, 6.45) is 1.98. The fourth-order valence-corrected chi connectivity index (χ4v) is 2.07. The molecule has 1 N–H and O–H groups in total. The van der Waals surface area contributed by atoms with Crippen molar-refractivity contribution in [3.05, 3.63) is 34.9 Å². The Morgan fingerprint density at radius 2 is 1.79 bits per heavy atom. The van der Waals surface area contributed by atoms with Gasteiger partial charge in [0.15, 0.2) is 0 Å². The van der Waals surface area contributed by atoms with Crippen LogP contribution in [0.25, 0.3) is 0 Å². The van der Waals surface area contributed by atoms with Gasteiger partial charge in [-0.2, -0.15) is 4.65 Å². The topological polar surface area (TPSA) is 20.2 Å². The summed E-state index contributed by atoms with van der Waals surface area (Å²) in [5, 5.41) is 9.93. The van der Waals surface area contributed by atoms with Crippen molar-refractivity contribution in [2.75, 3.05) is 20.1 Å². The quantitative estimate of drug-likeness (QED) is 0.623. The maximum Gasteiger partial charge on any atom is 0.112 e. The van der Waals surface area contributed by atoms with Gasteiger partial charge in [-0.1, -0.05) is 23.8 Å². The van der Waals surface area contributed by atoms with E-state index >= 15 is 0 Å². The van der Waals surface area contributed by atoms with Gasteiger partial charge in [-0.15, -0.1) is 0 Å². The molecule has 0 bridgehead atoms. The molecule has 76 valence electrons. The number of hydrogen-bond acceptors (Lipinski definition) is 1. The first-order valence-corrected chi connectivity index (χ1v) is 5.22. The van der Waals surface area contributed by atoms with E-state index in [1.165, 1.54) is 16.7 Å². The predicted octanol–water partition coefficient (Wildman–Crippen LogP) is 1.93. The summed E-state index contributed by atoms with van der Waals surface area (Å²) in [6, 6.07) is 6.61. The lowest BCUT2D eigenvalue weighted by Crippen LogP contribution is -2.42. The van der Waals surface area contributed by atoms with Crippen LogP contribution in [0.5, 0.6) is 0 Å². The van der Waals surface area contributed by atoms with Gasteiger partial charge < -0.3 is 0 Å². The molecule has 0 radical (unpaired) electrons. The molecule has 0 aromatic heterocycles. The molecule has 0 saturated heterocycles. The van der Waals surface area contributed by atoms with E-state index in [2.05, 4.69) is 25.1 Å². The summed E-state index contributed by atoms with van der Waals surface area (Å²) in [7, 11) is 1.89. The number of nitrogens with zero attached hydrogens (tertiary/aromatic N) is 1. The lowest BCUT2D eigenvalue weighted by molar-refractivity contribution is -1.09. The van der Waals surface area contributed by atoms with Crippen LogP contribution in [-0.4, -0.2) is 30.0 Å². The summed E-state index contributed by atoms with van der Waals surface area (Å²) in [5.74, 6) is 0. The maximum absolute atomic E-state index is 9.93. The Bertz CT molecular complexity index is 344. The van der Waals surface area contributed by atoms with Crippen LogP contribution in [0, 0.1) is 6.92 Å². The number of hydroxylamine groups is 3. The van der Waals surface area contributed by atoms with Gasteiger partial charge >= 0.3 is 0 Å². The summed E-state index contributed by atoms with van der Waals surface area (Å²) in [6.45, 7) is 3.78. The SMILES string of the molecule is Cc1ccc2c(c1)CC[N+](C)(O)CC2. The molecule has 2 rings (SSSR count). The standard InChI is InChI=1S/C12H18NO/c1-10-3-4-11-5-7-13(2,14)8-6-12(11)9-10/h3-4,9,14H,5-8H2,1-2H3/q+1. The highest BCUT2D eigenvalue weighted by atomic mass is 16.5. The summed E-state index contributed by atoms with van der Waals surface area (Å²) < 4.78 is 0.160. The van der Waals surface area contributed by atoms with Crippen molar-refractivity contribution in [3.63, 3.8) is 0 Å². The van der Waals surface area contributed by atoms with Gasteiger partial charge in [0, 0.05) is 12.8 Å². The summed E-state index contributed by atoms with van der Waals surface area (Å²) >= 11 is 0. The number of likely N-dealkylation sites (N-methyl/N-ethyl adjacent to an activating group) is 1. The zero-order valence-electron chi connectivity index (χ0n) is 8.95. The van der Waals surface area contributed by atoms with Crippen LogP contribution in [0.1, 0.15) is 16.7 Å². The van der Waals surface area contributed by atoms with Crippen LogP contribution in [0.3, 0.4) is 0 Å². The molecular formula is C12H18NO+. The highest BCUT2D eigenvalue weighted by molar-refractivity contribution is 5.32. The van der Waals surface area contributed by atoms with Gasteiger partial charge in [-0.3, -0.25) is 0 Å². The Kier molecular flexibility index (Phi) is 2.33. The molecule has 0 fully saturated rings. The van der Waals surface area contributed by atoms with E-state index in [4.69, 9.17) is 0 Å². The van der Waals surface area contributed by atoms with Crippen LogP contribution < -0.4 is 0 Å². The zero-order chi connectivity index (χ0) is 10.2. The monoisotopic (exact) mass is 192 g/mol. The van der Waals surface area contributed by atoms with E-state index in [-0.39, 0.29) is 4.65 Å². The second kappa shape index (κ2) is 3.37. The number of aryl methyl sites for hydroxylation is 1. The Balaban J connectivity index is 2.30. The lowest BCUT2D eigenvalue weighted by Gasteiger charge is -2.22. The van der Waals surface area contributed by atoms with Gasteiger partial charge in [0.25, 0.3) is 0 Å². The van der Waals surface area contributed by atoms with Gasteiger partial charge in [-0.25, -0.2) is 5.21 Å². The third-order valence-electron chi connectivity index (χ3n) is 3.09. The first-order valence-electron chi connectivity index (χ1n) is 5.22. The zero-order valence-corrected chi connectivity index (χ0v) is 8.95. The molecule has 1 aromatic carbocycles. The number of fused-ring (bicyclic) bond motifs is 1. The second-order valence-corrected chi connectivity index (χ2v) is 4.56. The van der Waals surface area contributed by atoms with Crippen molar-refractivity contribution in [3.8, 4) is 0 Å². The molecule has 1 atom stereocenters. The Morgan fingerprint density at radius 1 is 1.14 bits per heavy atom. The summed E-state index contributed by atoms with van der Waals surface area (Å²) in [4.78, 5) is 0. The maximum atomic E-state index is 9.93.